The molecule has 0 saturated heterocycles. The quantitative estimate of drug-likeness (QED) is 0.0246. The van der Waals surface area contributed by atoms with Crippen LogP contribution in [-0.2, 0) is 85.3 Å². The molecule has 0 unspecified atom stereocenters. The molecular weight excluding hydrogens is 1580 g/mol. The molecule has 0 radical (unpaired) electrons. The SMILES string of the molecule is O[Si](O)(O)C(c1ccccc1)(c1ccccc1)c1ccccc1.O[Si](O)(O)C(c1ccccc1)(c1ccccc1)c1ccccc1.O[Si](O)(O)C(c1ccccc1)(c1ccccc1)c1ccccc1.O[Si](O)(O)C(c1ccccc1)(c1ccccc1)c1ccccc1.[Ti].[Ti].[Ti].[c-]1ccccc1.[c-]1ccccc1.[c-]1ccccc1. The summed E-state index contributed by atoms with van der Waals surface area (Å²) in [6.07, 6.45) is 0. The molecule has 15 aromatic rings. The van der Waals surface area contributed by atoms with E-state index < -0.39 is 55.4 Å². The smallest absolute Gasteiger partial charge is 0.389 e. The summed E-state index contributed by atoms with van der Waals surface area (Å²) in [6.45, 7) is 0. The molecule has 113 heavy (non-hydrogen) atoms. The van der Waals surface area contributed by atoms with Crippen LogP contribution in [0.25, 0.3) is 0 Å². The van der Waals surface area contributed by atoms with Crippen LogP contribution in [-0.4, -0.2) is 92.8 Å². The Balaban J connectivity index is 0.000000216. The number of hydrogen-bond donors (Lipinski definition) is 12. The third-order valence-electron chi connectivity index (χ3n) is 18.3. The molecule has 0 aromatic heterocycles. The molecule has 0 spiro atoms. The van der Waals surface area contributed by atoms with Gasteiger partial charge < -0.3 is 57.5 Å². The molecule has 566 valence electrons. The van der Waals surface area contributed by atoms with E-state index in [0.29, 0.717) is 66.8 Å². The van der Waals surface area contributed by atoms with Crippen LogP contribution in [0.5, 0.6) is 0 Å². The van der Waals surface area contributed by atoms with Crippen molar-refractivity contribution in [3.05, 3.63) is 540 Å². The van der Waals surface area contributed by atoms with E-state index in [9.17, 15) is 57.5 Å². The summed E-state index contributed by atoms with van der Waals surface area (Å²) in [5.41, 5.74) is 7.80. The van der Waals surface area contributed by atoms with E-state index in [-0.39, 0.29) is 65.2 Å². The third-order valence-corrected chi connectivity index (χ3v) is 25.8. The Bertz CT molecular complexity index is 3870. The van der Waals surface area contributed by atoms with Crippen molar-refractivity contribution >= 4 is 35.2 Å². The van der Waals surface area contributed by atoms with Crippen LogP contribution in [0.1, 0.15) is 66.8 Å². The molecule has 12 nitrogen and oxygen atoms in total. The predicted octanol–water partition coefficient (Wildman–Crippen LogP) is 14.4. The Labute approximate surface area is 711 Å². The third kappa shape index (κ3) is 23.1. The number of rotatable bonds is 16. The second-order valence-electron chi connectivity index (χ2n) is 25.2. The monoisotopic (exact) mass is 1660 g/mol. The molecule has 0 saturated carbocycles. The van der Waals surface area contributed by atoms with E-state index >= 15 is 0 Å². The molecule has 15 rings (SSSR count). The van der Waals surface area contributed by atoms with Crippen molar-refractivity contribution in [2.45, 2.75) is 20.2 Å². The van der Waals surface area contributed by atoms with E-state index in [1.807, 2.05) is 455 Å². The Morgan fingerprint density at radius 2 is 0.212 bits per heavy atom. The first-order valence-corrected chi connectivity index (χ1v) is 42.7. The van der Waals surface area contributed by atoms with Crippen LogP contribution in [0.15, 0.2) is 455 Å². The Morgan fingerprint density at radius 3 is 0.265 bits per heavy atom. The van der Waals surface area contributed by atoms with Crippen LogP contribution in [0.2, 0.25) is 0 Å². The minimum atomic E-state index is -4.66. The first-order valence-electron chi connectivity index (χ1n) is 35.3. The second-order valence-corrected chi connectivity index (χ2v) is 33.2. The molecule has 0 bridgehead atoms. The van der Waals surface area contributed by atoms with E-state index in [1.165, 1.54) is 0 Å². The molecule has 0 heterocycles. The Hall–Kier alpha value is -9.17. The fraction of sp³-hybridized carbons (Fsp3) is 0.0426. The molecule has 12 N–H and O–H groups in total. The zero-order valence-corrected chi connectivity index (χ0v) is 70.4. The van der Waals surface area contributed by atoms with Gasteiger partial charge in [-0.15, -0.1) is 0 Å². The molecule has 0 amide bonds. The van der Waals surface area contributed by atoms with Gasteiger partial charge in [0.05, 0.1) is 0 Å². The van der Waals surface area contributed by atoms with Gasteiger partial charge in [0.15, 0.2) is 0 Å². The van der Waals surface area contributed by atoms with Crippen molar-refractivity contribution in [2.75, 3.05) is 0 Å². The van der Waals surface area contributed by atoms with Gasteiger partial charge in [-0.25, -0.2) is 0 Å². The zero-order chi connectivity index (χ0) is 78.1. The zero-order valence-electron chi connectivity index (χ0n) is 61.7. The first kappa shape index (κ1) is 92.7. The van der Waals surface area contributed by atoms with Crippen molar-refractivity contribution < 1.29 is 123 Å². The Morgan fingerprint density at radius 1 is 0.133 bits per heavy atom. The van der Waals surface area contributed by atoms with Gasteiger partial charge in [0.1, 0.15) is 20.2 Å². The number of hydrogen-bond acceptors (Lipinski definition) is 12. The molecule has 0 aliphatic carbocycles. The van der Waals surface area contributed by atoms with Gasteiger partial charge in [-0.2, -0.15) is 109 Å². The average molecular weight is 1660 g/mol. The van der Waals surface area contributed by atoms with Gasteiger partial charge in [-0.3, -0.25) is 0 Å². The normalized spacial score (nSPS) is 11.2. The summed E-state index contributed by atoms with van der Waals surface area (Å²) in [5, 5.41) is -5.51. The summed E-state index contributed by atoms with van der Waals surface area (Å²) >= 11 is 0. The Kier molecular flexibility index (Phi) is 37.4. The van der Waals surface area contributed by atoms with Gasteiger partial charge >= 0.3 is 35.2 Å². The molecule has 0 fully saturated rings. The summed E-state index contributed by atoms with van der Waals surface area (Å²) < 4.78 is 0. The van der Waals surface area contributed by atoms with Crippen molar-refractivity contribution in [3.8, 4) is 0 Å². The standard InChI is InChI=1S/4C19H18O3Si.3C6H5.3Ti/c4*20-23(21,22)19(16-10-4-1-5-11-16,17-12-6-2-7-13-17)18-14-8-3-9-15-18;3*1-2-4-6-5-3-1;;;/h4*1-15,20-22H;3*1-5H;;;/q;;;;3*-1;;;. The van der Waals surface area contributed by atoms with Crippen molar-refractivity contribution in [2.24, 2.45) is 0 Å². The van der Waals surface area contributed by atoms with E-state index in [1.54, 1.807) is 0 Å². The van der Waals surface area contributed by atoms with Crippen LogP contribution < -0.4 is 0 Å². The molecule has 0 aliphatic rings. The maximum absolute atomic E-state index is 10.5. The predicted molar refractivity (Wildman–Crippen MR) is 442 cm³/mol. The van der Waals surface area contributed by atoms with Crippen molar-refractivity contribution in [1.29, 1.82) is 0 Å². The summed E-state index contributed by atoms with van der Waals surface area (Å²) in [4.78, 5) is 126. The van der Waals surface area contributed by atoms with Gasteiger partial charge in [-0.1, -0.05) is 364 Å². The number of benzene rings is 15. The van der Waals surface area contributed by atoms with Gasteiger partial charge in [0.2, 0.25) is 0 Å². The van der Waals surface area contributed by atoms with Crippen LogP contribution >= 0.6 is 0 Å². The van der Waals surface area contributed by atoms with Gasteiger partial charge in [0, 0.05) is 65.2 Å². The molecule has 0 aliphatic heterocycles. The van der Waals surface area contributed by atoms with Gasteiger partial charge in [-0.05, 0) is 66.8 Å². The van der Waals surface area contributed by atoms with Gasteiger partial charge in [0.25, 0.3) is 0 Å². The second kappa shape index (κ2) is 45.7. The largest absolute Gasteiger partial charge is 0.513 e. The molecular formula is C94H87O12Si4Ti3-3. The molecule has 15 aromatic carbocycles. The summed E-state index contributed by atoms with van der Waals surface area (Å²) in [5.74, 6) is 0. The van der Waals surface area contributed by atoms with E-state index in [0.717, 1.165) is 0 Å². The minimum absolute atomic E-state index is 0. The fourth-order valence-electron chi connectivity index (χ4n) is 13.6. The van der Waals surface area contributed by atoms with Crippen LogP contribution in [0, 0.1) is 18.2 Å². The fourth-order valence-corrected chi connectivity index (χ4v) is 20.3. The van der Waals surface area contributed by atoms with Crippen molar-refractivity contribution in [3.63, 3.8) is 0 Å². The molecule has 19 heteroatoms. The first-order chi connectivity index (χ1) is 53.3. The minimum Gasteiger partial charge on any atom is -0.389 e. The maximum atomic E-state index is 10.5. The average Bonchev–Trinajstić information content (AvgIpc) is 0.752. The summed E-state index contributed by atoms with van der Waals surface area (Å²) in [7, 11) is -18.6. The van der Waals surface area contributed by atoms with Crippen LogP contribution in [0.3, 0.4) is 0 Å². The van der Waals surface area contributed by atoms with Crippen LogP contribution in [0.4, 0.5) is 0 Å². The van der Waals surface area contributed by atoms with E-state index in [2.05, 4.69) is 18.2 Å². The van der Waals surface area contributed by atoms with E-state index in [4.69, 9.17) is 0 Å². The summed E-state index contributed by atoms with van der Waals surface area (Å²) in [6, 6.07) is 147. The maximum Gasteiger partial charge on any atom is 0.513 e. The van der Waals surface area contributed by atoms with Crippen molar-refractivity contribution in [1.82, 2.24) is 0 Å². The topological polar surface area (TPSA) is 243 Å². The molecule has 0 atom stereocenters.